The van der Waals surface area contributed by atoms with Gasteiger partial charge in [0.15, 0.2) is 0 Å². The van der Waals surface area contributed by atoms with Gasteiger partial charge in [-0.05, 0) is 86.1 Å². The molecule has 0 spiro atoms. The number of thioether (sulfide) groups is 1. The molecule has 2 atom stereocenters. The number of hydrogen-bond donors (Lipinski definition) is 3. The van der Waals surface area contributed by atoms with Gasteiger partial charge < -0.3 is 25.2 Å². The lowest BCUT2D eigenvalue weighted by Crippen LogP contribution is -2.53. The van der Waals surface area contributed by atoms with E-state index in [0.29, 0.717) is 5.75 Å². The largest absolute Gasteiger partial charge is 0.480 e. The third-order valence-electron chi connectivity index (χ3n) is 6.46. The first-order chi connectivity index (χ1) is 21.2. The first-order valence-corrected chi connectivity index (χ1v) is 16.6. The second kappa shape index (κ2) is 21.2. The number of hydrogen-bond acceptors (Lipinski definition) is 7. The lowest BCUT2D eigenvalue weighted by molar-refractivity contribution is -0.145. The van der Waals surface area contributed by atoms with Gasteiger partial charge in [0.2, 0.25) is 5.91 Å². The monoisotopic (exact) mass is 644 g/mol. The summed E-state index contributed by atoms with van der Waals surface area (Å²) < 4.78 is 10.6. The minimum absolute atomic E-state index is 0.0786. The van der Waals surface area contributed by atoms with E-state index >= 15 is 0 Å². The first-order valence-electron chi connectivity index (χ1n) is 15.4. The Balaban J connectivity index is 2.68. The zero-order valence-corrected chi connectivity index (χ0v) is 28.8. The lowest BCUT2D eigenvalue weighted by Gasteiger charge is -2.24. The summed E-state index contributed by atoms with van der Waals surface area (Å²) in [7, 11) is 0. The molecular weight excluding hydrogens is 592 g/mol. The van der Waals surface area contributed by atoms with Gasteiger partial charge in [0.25, 0.3) is 0 Å². The summed E-state index contributed by atoms with van der Waals surface area (Å²) in [5.74, 6) is -1.73. The van der Waals surface area contributed by atoms with Crippen LogP contribution in [0.15, 0.2) is 65.3 Å². The molecule has 10 heteroatoms. The summed E-state index contributed by atoms with van der Waals surface area (Å²) in [5, 5.41) is 14.7. The number of carboxylic acids is 1. The maximum atomic E-state index is 13.1. The van der Waals surface area contributed by atoms with Gasteiger partial charge in [-0.3, -0.25) is 9.59 Å². The lowest BCUT2D eigenvalue weighted by atomic mass is 10.1. The predicted molar refractivity (Wildman–Crippen MR) is 181 cm³/mol. The number of allylic oxidation sites excluding steroid dienone is 5. The van der Waals surface area contributed by atoms with E-state index in [0.717, 1.165) is 31.2 Å². The Hall–Kier alpha value is -3.53. The molecule has 45 heavy (non-hydrogen) atoms. The molecule has 0 radical (unpaired) electrons. The van der Waals surface area contributed by atoms with Gasteiger partial charge in [-0.1, -0.05) is 65.3 Å². The SMILES string of the molecule is CC(C)=CCCC(C)=CCCC(C)=CCSC[C@H](NC(=O)[C@H](CCC(=O)OCc1ccccc1)NC(=O)OC(C)(C)C)C(=O)O. The standard InChI is InChI=1S/C35H52N2O7S/c1-25(2)13-11-14-26(3)15-12-16-27(4)21-22-45-24-30(33(40)41)36-32(39)29(37-34(42)44-35(5,6)7)19-20-31(38)43-23-28-17-9-8-10-18-28/h8-10,13,15,17-18,21,29-30H,11-12,14,16,19-20,22-24H2,1-7H3,(H,36,39)(H,37,42)(H,40,41)/t29-,30-/m0/s1. The summed E-state index contributed by atoms with van der Waals surface area (Å²) in [6.45, 7) is 13.5. The maximum absolute atomic E-state index is 13.1. The molecule has 1 aromatic carbocycles. The van der Waals surface area contributed by atoms with Crippen LogP contribution >= 0.6 is 11.8 Å². The molecular formula is C35H52N2O7S. The van der Waals surface area contributed by atoms with E-state index in [1.807, 2.05) is 30.3 Å². The second-order valence-corrected chi connectivity index (χ2v) is 13.4. The van der Waals surface area contributed by atoms with Crippen molar-refractivity contribution in [3.05, 3.63) is 70.8 Å². The van der Waals surface area contributed by atoms with E-state index < -0.39 is 41.6 Å². The highest BCUT2D eigenvalue weighted by molar-refractivity contribution is 7.99. The molecule has 0 aliphatic carbocycles. The number of benzene rings is 1. The van der Waals surface area contributed by atoms with Crippen molar-refractivity contribution in [2.45, 2.75) is 111 Å². The molecule has 1 aromatic rings. The van der Waals surface area contributed by atoms with Crippen LogP contribution < -0.4 is 10.6 Å². The molecule has 0 aliphatic heterocycles. The highest BCUT2D eigenvalue weighted by Crippen LogP contribution is 2.14. The van der Waals surface area contributed by atoms with Gasteiger partial charge in [-0.25, -0.2) is 9.59 Å². The quantitative estimate of drug-likeness (QED) is 0.0824. The highest BCUT2D eigenvalue weighted by Gasteiger charge is 2.29. The third kappa shape index (κ3) is 20.2. The molecule has 0 unspecified atom stereocenters. The van der Waals surface area contributed by atoms with Crippen molar-refractivity contribution in [3.63, 3.8) is 0 Å². The number of rotatable bonds is 19. The van der Waals surface area contributed by atoms with Crippen molar-refractivity contribution in [2.75, 3.05) is 11.5 Å². The topological polar surface area (TPSA) is 131 Å². The van der Waals surface area contributed by atoms with E-state index in [1.165, 1.54) is 28.5 Å². The number of carbonyl (C=O) groups excluding carboxylic acids is 3. The summed E-state index contributed by atoms with van der Waals surface area (Å²) in [6, 6.07) is 6.78. The van der Waals surface area contributed by atoms with Crippen LogP contribution in [0.3, 0.4) is 0 Å². The smallest absolute Gasteiger partial charge is 0.408 e. The van der Waals surface area contributed by atoms with E-state index in [4.69, 9.17) is 9.47 Å². The van der Waals surface area contributed by atoms with E-state index in [1.54, 1.807) is 20.8 Å². The van der Waals surface area contributed by atoms with Crippen LogP contribution in [-0.2, 0) is 30.5 Å². The van der Waals surface area contributed by atoms with Crippen molar-refractivity contribution in [1.82, 2.24) is 10.6 Å². The van der Waals surface area contributed by atoms with E-state index in [9.17, 15) is 24.3 Å². The molecule has 0 saturated heterocycles. The average molecular weight is 645 g/mol. The zero-order chi connectivity index (χ0) is 33.8. The fourth-order valence-electron chi connectivity index (χ4n) is 3.96. The molecule has 0 bridgehead atoms. The van der Waals surface area contributed by atoms with Crippen LogP contribution in [0.25, 0.3) is 0 Å². The Bertz CT molecular complexity index is 1180. The van der Waals surface area contributed by atoms with Gasteiger partial charge >= 0.3 is 18.0 Å². The minimum Gasteiger partial charge on any atom is -0.480 e. The van der Waals surface area contributed by atoms with E-state index in [2.05, 4.69) is 56.6 Å². The normalized spacial score (nSPS) is 13.3. The Morgan fingerprint density at radius 2 is 1.49 bits per heavy atom. The molecule has 3 N–H and O–H groups in total. The van der Waals surface area contributed by atoms with E-state index in [-0.39, 0.29) is 25.2 Å². The summed E-state index contributed by atoms with van der Waals surface area (Å²) >= 11 is 1.39. The zero-order valence-electron chi connectivity index (χ0n) is 27.9. The van der Waals surface area contributed by atoms with Crippen LogP contribution in [0.4, 0.5) is 4.79 Å². The maximum Gasteiger partial charge on any atom is 0.408 e. The number of ether oxygens (including phenoxy) is 2. The highest BCUT2D eigenvalue weighted by atomic mass is 32.2. The number of aliphatic carboxylic acids is 1. The van der Waals surface area contributed by atoms with Gasteiger partial charge in [0.05, 0.1) is 0 Å². The summed E-state index contributed by atoms with van der Waals surface area (Å²) in [5.41, 5.74) is 3.92. The molecule has 250 valence electrons. The van der Waals surface area contributed by atoms with Crippen LogP contribution in [0, 0.1) is 0 Å². The Morgan fingerprint density at radius 3 is 2.09 bits per heavy atom. The van der Waals surface area contributed by atoms with Crippen LogP contribution in [0.1, 0.15) is 92.6 Å². The molecule has 0 aliphatic rings. The Morgan fingerprint density at radius 1 is 0.867 bits per heavy atom. The fourth-order valence-corrected chi connectivity index (χ4v) is 4.96. The Labute approximate surface area is 273 Å². The van der Waals surface area contributed by atoms with Crippen molar-refractivity contribution in [2.24, 2.45) is 0 Å². The number of carboxylic acid groups (broad SMARTS) is 1. The fraction of sp³-hybridized carbons (Fsp3) is 0.543. The summed E-state index contributed by atoms with van der Waals surface area (Å²) in [4.78, 5) is 49.9. The van der Waals surface area contributed by atoms with Crippen molar-refractivity contribution in [1.29, 1.82) is 0 Å². The molecule has 1 rings (SSSR count). The second-order valence-electron chi connectivity index (χ2n) is 12.3. The number of amides is 2. The van der Waals surface area contributed by atoms with Crippen molar-refractivity contribution in [3.8, 4) is 0 Å². The van der Waals surface area contributed by atoms with Crippen molar-refractivity contribution < 1.29 is 33.8 Å². The number of carbonyl (C=O) groups is 4. The molecule has 0 fully saturated rings. The predicted octanol–water partition coefficient (Wildman–Crippen LogP) is 7.13. The number of esters is 1. The van der Waals surface area contributed by atoms with Gasteiger partial charge in [-0.2, -0.15) is 11.8 Å². The van der Waals surface area contributed by atoms with Gasteiger partial charge in [0.1, 0.15) is 24.3 Å². The first kappa shape index (κ1) is 39.5. The Kier molecular flexibility index (Phi) is 18.6. The third-order valence-corrected chi connectivity index (χ3v) is 7.43. The molecule has 0 saturated carbocycles. The molecule has 9 nitrogen and oxygen atoms in total. The summed E-state index contributed by atoms with van der Waals surface area (Å²) in [6.07, 6.45) is 9.46. The van der Waals surface area contributed by atoms with Gasteiger partial charge in [0, 0.05) is 17.9 Å². The van der Waals surface area contributed by atoms with Crippen LogP contribution in [0.5, 0.6) is 0 Å². The van der Waals surface area contributed by atoms with Crippen LogP contribution in [0.2, 0.25) is 0 Å². The number of alkyl carbamates (subject to hydrolysis) is 1. The van der Waals surface area contributed by atoms with Crippen molar-refractivity contribution >= 4 is 35.7 Å². The van der Waals surface area contributed by atoms with Crippen LogP contribution in [-0.4, -0.2) is 58.2 Å². The molecule has 2 amide bonds. The number of nitrogens with one attached hydrogen (secondary N) is 2. The van der Waals surface area contributed by atoms with Gasteiger partial charge in [-0.15, -0.1) is 0 Å². The average Bonchev–Trinajstić information content (AvgIpc) is 2.94. The minimum atomic E-state index is -1.20. The molecule has 0 aromatic heterocycles. The molecule has 0 heterocycles.